The van der Waals surface area contributed by atoms with Crippen LogP contribution in [0.15, 0.2) is 24.3 Å². The van der Waals surface area contributed by atoms with Crippen LogP contribution in [0.25, 0.3) is 0 Å². The zero-order valence-electron chi connectivity index (χ0n) is 12.0. The number of amides is 2. The van der Waals surface area contributed by atoms with Gasteiger partial charge in [-0.15, -0.1) is 0 Å². The van der Waals surface area contributed by atoms with Crippen LogP contribution in [0.4, 0.5) is 4.39 Å². The van der Waals surface area contributed by atoms with Gasteiger partial charge >= 0.3 is 0 Å². The summed E-state index contributed by atoms with van der Waals surface area (Å²) in [7, 11) is 0. The van der Waals surface area contributed by atoms with Gasteiger partial charge in [-0.2, -0.15) is 0 Å². The molecule has 4 nitrogen and oxygen atoms in total. The van der Waals surface area contributed by atoms with Crippen molar-refractivity contribution >= 4 is 11.8 Å². The Morgan fingerprint density at radius 2 is 1.76 bits per heavy atom. The second-order valence-electron chi connectivity index (χ2n) is 5.43. The molecule has 1 saturated carbocycles. The lowest BCUT2D eigenvalue weighted by Crippen LogP contribution is -2.39. The van der Waals surface area contributed by atoms with E-state index in [1.54, 1.807) is 12.1 Å². The molecule has 1 aromatic rings. The van der Waals surface area contributed by atoms with E-state index < -0.39 is 0 Å². The summed E-state index contributed by atoms with van der Waals surface area (Å²) in [4.78, 5) is 23.4. The van der Waals surface area contributed by atoms with Gasteiger partial charge in [-0.25, -0.2) is 4.39 Å². The van der Waals surface area contributed by atoms with E-state index in [9.17, 15) is 14.0 Å². The smallest absolute Gasteiger partial charge is 0.239 e. The number of carbonyl (C=O) groups excluding carboxylic acids is 2. The van der Waals surface area contributed by atoms with Gasteiger partial charge in [-0.3, -0.25) is 9.59 Å². The van der Waals surface area contributed by atoms with E-state index in [0.717, 1.165) is 31.2 Å². The van der Waals surface area contributed by atoms with E-state index in [0.29, 0.717) is 13.0 Å². The van der Waals surface area contributed by atoms with Crippen LogP contribution in [0.1, 0.15) is 31.2 Å². The number of rotatable bonds is 6. The number of hydrogen-bond donors (Lipinski definition) is 2. The third-order valence-electron chi connectivity index (χ3n) is 3.80. The maximum atomic E-state index is 12.7. The Kier molecular flexibility index (Phi) is 5.72. The van der Waals surface area contributed by atoms with Crippen molar-refractivity contribution in [1.82, 2.24) is 10.6 Å². The van der Waals surface area contributed by atoms with Gasteiger partial charge in [0.2, 0.25) is 11.8 Å². The van der Waals surface area contributed by atoms with Crippen LogP contribution in [0, 0.1) is 11.7 Å². The highest BCUT2D eigenvalue weighted by atomic mass is 19.1. The van der Waals surface area contributed by atoms with E-state index in [-0.39, 0.29) is 30.1 Å². The predicted molar refractivity (Wildman–Crippen MR) is 78.1 cm³/mol. The molecule has 2 N–H and O–H groups in total. The molecule has 1 aliphatic carbocycles. The van der Waals surface area contributed by atoms with Crippen molar-refractivity contribution in [2.75, 3.05) is 13.1 Å². The summed E-state index contributed by atoms with van der Waals surface area (Å²) in [6.45, 7) is 0.502. The number of carbonyl (C=O) groups is 2. The third-order valence-corrected chi connectivity index (χ3v) is 3.80. The van der Waals surface area contributed by atoms with Crippen LogP contribution in [0.2, 0.25) is 0 Å². The summed E-state index contributed by atoms with van der Waals surface area (Å²) in [6.07, 6.45) is 4.70. The molecule has 0 atom stereocenters. The first-order chi connectivity index (χ1) is 10.1. The molecule has 1 aliphatic rings. The van der Waals surface area contributed by atoms with Crippen molar-refractivity contribution in [1.29, 1.82) is 0 Å². The normalized spacial score (nSPS) is 14.9. The molecule has 0 bridgehead atoms. The first kappa shape index (κ1) is 15.5. The molecule has 1 aromatic carbocycles. The average Bonchev–Trinajstić information content (AvgIpc) is 3.01. The lowest BCUT2D eigenvalue weighted by Gasteiger charge is -2.10. The average molecular weight is 292 g/mol. The van der Waals surface area contributed by atoms with Crippen LogP contribution in [0.3, 0.4) is 0 Å². The molecule has 0 radical (unpaired) electrons. The van der Waals surface area contributed by atoms with Gasteiger partial charge in [-0.1, -0.05) is 25.0 Å². The quantitative estimate of drug-likeness (QED) is 0.840. The molecule has 0 aliphatic heterocycles. The summed E-state index contributed by atoms with van der Waals surface area (Å²) < 4.78 is 12.7. The van der Waals surface area contributed by atoms with Gasteiger partial charge in [0.15, 0.2) is 0 Å². The Morgan fingerprint density at radius 1 is 1.10 bits per heavy atom. The Bertz CT molecular complexity index is 482. The summed E-state index contributed by atoms with van der Waals surface area (Å²) in [6, 6.07) is 6.20. The minimum Gasteiger partial charge on any atom is -0.354 e. The second-order valence-corrected chi connectivity index (χ2v) is 5.43. The van der Waals surface area contributed by atoms with Crippen LogP contribution in [0.5, 0.6) is 0 Å². The molecule has 5 heteroatoms. The molecule has 0 heterocycles. The Hall–Kier alpha value is -1.91. The summed E-state index contributed by atoms with van der Waals surface area (Å²) in [5.74, 6) is -0.390. The largest absolute Gasteiger partial charge is 0.354 e. The lowest BCUT2D eigenvalue weighted by atomic mass is 10.1. The van der Waals surface area contributed by atoms with Crippen molar-refractivity contribution in [3.05, 3.63) is 35.6 Å². The van der Waals surface area contributed by atoms with Gasteiger partial charge in [0.25, 0.3) is 0 Å². The topological polar surface area (TPSA) is 58.2 Å². The van der Waals surface area contributed by atoms with Gasteiger partial charge in [-0.05, 0) is 37.0 Å². The van der Waals surface area contributed by atoms with Gasteiger partial charge < -0.3 is 10.6 Å². The highest BCUT2D eigenvalue weighted by Crippen LogP contribution is 2.24. The Balaban J connectivity index is 1.61. The van der Waals surface area contributed by atoms with Crippen LogP contribution in [-0.2, 0) is 16.0 Å². The van der Waals surface area contributed by atoms with E-state index in [1.165, 1.54) is 12.1 Å². The van der Waals surface area contributed by atoms with Crippen molar-refractivity contribution in [3.63, 3.8) is 0 Å². The van der Waals surface area contributed by atoms with Crippen molar-refractivity contribution in [3.8, 4) is 0 Å². The predicted octanol–water partition coefficient (Wildman–Crippen LogP) is 1.79. The van der Waals surface area contributed by atoms with E-state index in [2.05, 4.69) is 10.6 Å². The fraction of sp³-hybridized carbons (Fsp3) is 0.500. The lowest BCUT2D eigenvalue weighted by molar-refractivity contribution is -0.128. The monoisotopic (exact) mass is 292 g/mol. The first-order valence-corrected chi connectivity index (χ1v) is 7.44. The molecular formula is C16H21FN2O2. The zero-order chi connectivity index (χ0) is 15.1. The minimum absolute atomic E-state index is 0.0128. The molecule has 0 unspecified atom stereocenters. The fourth-order valence-electron chi connectivity index (χ4n) is 2.56. The third kappa shape index (κ3) is 5.17. The second kappa shape index (κ2) is 7.76. The standard InChI is InChI=1S/C16H21FN2O2/c17-14-7-5-12(6-8-14)9-10-18-15(20)11-19-16(21)13-3-1-2-4-13/h5-8,13H,1-4,9-11H2,(H,18,20)(H,19,21). The SMILES string of the molecule is O=C(CNC(=O)C1CCCC1)NCCc1ccc(F)cc1. The minimum atomic E-state index is -0.266. The molecule has 114 valence electrons. The summed E-state index contributed by atoms with van der Waals surface area (Å²) in [5.41, 5.74) is 0.965. The van der Waals surface area contributed by atoms with Crippen molar-refractivity contribution in [2.24, 2.45) is 5.92 Å². The maximum absolute atomic E-state index is 12.7. The number of benzene rings is 1. The number of halogens is 1. The van der Waals surface area contributed by atoms with Crippen molar-refractivity contribution < 1.29 is 14.0 Å². The summed E-state index contributed by atoms with van der Waals surface area (Å²) in [5, 5.41) is 5.42. The molecule has 2 amide bonds. The highest BCUT2D eigenvalue weighted by Gasteiger charge is 2.22. The molecule has 0 spiro atoms. The highest BCUT2D eigenvalue weighted by molar-refractivity contribution is 5.85. The number of hydrogen-bond acceptors (Lipinski definition) is 2. The van der Waals surface area contributed by atoms with E-state index in [4.69, 9.17) is 0 Å². The summed E-state index contributed by atoms with van der Waals surface area (Å²) >= 11 is 0. The van der Waals surface area contributed by atoms with Crippen LogP contribution >= 0.6 is 0 Å². The first-order valence-electron chi connectivity index (χ1n) is 7.44. The van der Waals surface area contributed by atoms with Gasteiger partial charge in [0.05, 0.1) is 6.54 Å². The van der Waals surface area contributed by atoms with Gasteiger partial charge in [0, 0.05) is 12.5 Å². The molecule has 1 fully saturated rings. The van der Waals surface area contributed by atoms with Crippen LogP contribution in [-0.4, -0.2) is 24.9 Å². The molecule has 0 aromatic heterocycles. The molecule has 2 rings (SSSR count). The molecule has 0 saturated heterocycles. The molecule has 21 heavy (non-hydrogen) atoms. The fourth-order valence-corrected chi connectivity index (χ4v) is 2.56. The zero-order valence-corrected chi connectivity index (χ0v) is 12.0. The Labute approximate surface area is 124 Å². The number of nitrogens with one attached hydrogen (secondary N) is 2. The van der Waals surface area contributed by atoms with E-state index in [1.807, 2.05) is 0 Å². The maximum Gasteiger partial charge on any atom is 0.239 e. The Morgan fingerprint density at radius 3 is 2.43 bits per heavy atom. The van der Waals surface area contributed by atoms with Crippen LogP contribution < -0.4 is 10.6 Å². The molecular weight excluding hydrogens is 271 g/mol. The van der Waals surface area contributed by atoms with Crippen molar-refractivity contribution in [2.45, 2.75) is 32.1 Å². The van der Waals surface area contributed by atoms with Gasteiger partial charge in [0.1, 0.15) is 5.82 Å². The van der Waals surface area contributed by atoms with E-state index >= 15 is 0 Å².